The highest BCUT2D eigenvalue weighted by atomic mass is 32.2. The Morgan fingerprint density at radius 3 is 2.85 bits per heavy atom. The monoisotopic (exact) mass is 291 g/mol. The molecule has 0 atom stereocenters. The zero-order valence-electron chi connectivity index (χ0n) is 10.8. The van der Waals surface area contributed by atoms with Crippen molar-refractivity contribution in [2.24, 2.45) is 0 Å². The van der Waals surface area contributed by atoms with Gasteiger partial charge in [-0.25, -0.2) is 4.79 Å². The number of carbonyl (C=O) groups is 1. The van der Waals surface area contributed by atoms with E-state index in [4.69, 9.17) is 9.84 Å². The average molecular weight is 291 g/mol. The fourth-order valence-corrected chi connectivity index (χ4v) is 2.58. The highest BCUT2D eigenvalue weighted by Gasteiger charge is 2.11. The number of hydrogen-bond acceptors (Lipinski definition) is 5. The van der Waals surface area contributed by atoms with Crippen molar-refractivity contribution in [1.29, 1.82) is 0 Å². The molecule has 2 aromatic rings. The molecule has 20 heavy (non-hydrogen) atoms. The maximum atomic E-state index is 11.6. The van der Waals surface area contributed by atoms with E-state index in [0.717, 1.165) is 4.90 Å². The first kappa shape index (κ1) is 14.2. The lowest BCUT2D eigenvalue weighted by molar-refractivity contribution is 0.0597. The summed E-state index contributed by atoms with van der Waals surface area (Å²) in [6.45, 7) is 0. The topological polar surface area (TPSA) is 79.4 Å². The fraction of sp³-hybridized carbons (Fsp3) is 0.143. The Hall–Kier alpha value is -2.21. The maximum absolute atomic E-state index is 11.6. The van der Waals surface area contributed by atoms with Gasteiger partial charge in [0, 0.05) is 28.6 Å². The summed E-state index contributed by atoms with van der Waals surface area (Å²) in [4.78, 5) is 26.5. The summed E-state index contributed by atoms with van der Waals surface area (Å²) in [5.41, 5.74) is 0.721. The predicted molar refractivity (Wildman–Crippen MR) is 76.1 cm³/mol. The number of aromatic nitrogens is 1. The number of pyridine rings is 1. The molecule has 0 aliphatic rings. The third kappa shape index (κ3) is 3.21. The maximum Gasteiger partial charge on any atom is 0.338 e. The minimum absolute atomic E-state index is 0.311. The zero-order chi connectivity index (χ0) is 14.5. The summed E-state index contributed by atoms with van der Waals surface area (Å²) >= 11 is 1.41. The van der Waals surface area contributed by atoms with Crippen LogP contribution in [0, 0.1) is 0 Å². The second-order valence-corrected chi connectivity index (χ2v) is 5.00. The summed E-state index contributed by atoms with van der Waals surface area (Å²) in [5.74, 6) is -0.232. The lowest BCUT2D eigenvalue weighted by Crippen LogP contribution is -2.04. The van der Waals surface area contributed by atoms with Crippen LogP contribution in [0.1, 0.15) is 16.1 Å². The standard InChI is InChI=1S/C14H13NO4S/c1-19-14(18)10-4-2-3-5-13(10)20-8-9-6-11(16)12(17)7-15-9/h2-7,17H,8H2,1H3,(H,15,16). The van der Waals surface area contributed by atoms with Gasteiger partial charge in [0.2, 0.25) is 5.43 Å². The predicted octanol–water partition coefficient (Wildman–Crippen LogP) is 2.16. The number of nitrogens with one attached hydrogen (secondary N) is 1. The summed E-state index contributed by atoms with van der Waals surface area (Å²) in [5, 5.41) is 9.17. The van der Waals surface area contributed by atoms with Gasteiger partial charge in [0.25, 0.3) is 0 Å². The quantitative estimate of drug-likeness (QED) is 0.666. The van der Waals surface area contributed by atoms with E-state index in [9.17, 15) is 9.59 Å². The molecule has 2 N–H and O–H groups in total. The lowest BCUT2D eigenvalue weighted by Gasteiger charge is -2.07. The molecule has 0 saturated heterocycles. The van der Waals surface area contributed by atoms with Crippen molar-refractivity contribution in [2.45, 2.75) is 10.6 Å². The molecule has 0 fully saturated rings. The molecule has 1 heterocycles. The molecule has 5 nitrogen and oxygen atoms in total. The summed E-state index contributed by atoms with van der Waals surface area (Å²) in [6.07, 6.45) is 1.25. The number of methoxy groups -OCH3 is 1. The van der Waals surface area contributed by atoms with Gasteiger partial charge in [-0.15, -0.1) is 11.8 Å². The molecule has 0 aliphatic carbocycles. The van der Waals surface area contributed by atoms with Crippen LogP contribution in [-0.2, 0) is 10.5 Å². The zero-order valence-corrected chi connectivity index (χ0v) is 11.6. The van der Waals surface area contributed by atoms with E-state index in [1.165, 1.54) is 31.1 Å². The molecule has 6 heteroatoms. The highest BCUT2D eigenvalue weighted by molar-refractivity contribution is 7.98. The van der Waals surface area contributed by atoms with Crippen molar-refractivity contribution in [3.63, 3.8) is 0 Å². The second kappa shape index (κ2) is 6.29. The molecule has 0 amide bonds. The number of H-pyrrole nitrogens is 1. The van der Waals surface area contributed by atoms with Gasteiger partial charge in [0.05, 0.1) is 12.7 Å². The molecule has 0 unspecified atom stereocenters. The Bertz CT molecular complexity index is 681. The van der Waals surface area contributed by atoms with Crippen molar-refractivity contribution >= 4 is 17.7 Å². The molecule has 0 aliphatic heterocycles. The minimum Gasteiger partial charge on any atom is -0.503 e. The number of carbonyl (C=O) groups excluding carboxylic acids is 1. The molecule has 0 saturated carbocycles. The van der Waals surface area contributed by atoms with Gasteiger partial charge in [-0.1, -0.05) is 12.1 Å². The number of aromatic hydroxyl groups is 1. The van der Waals surface area contributed by atoms with E-state index >= 15 is 0 Å². The normalized spacial score (nSPS) is 10.2. The number of aromatic amines is 1. The SMILES string of the molecule is COC(=O)c1ccccc1SCc1cc(=O)c(O)c[nH]1. The number of benzene rings is 1. The van der Waals surface area contributed by atoms with E-state index in [1.807, 2.05) is 12.1 Å². The van der Waals surface area contributed by atoms with Crippen LogP contribution in [0.4, 0.5) is 0 Å². The van der Waals surface area contributed by atoms with Crippen LogP contribution >= 0.6 is 11.8 Å². The largest absolute Gasteiger partial charge is 0.503 e. The number of hydrogen-bond donors (Lipinski definition) is 2. The molecule has 0 radical (unpaired) electrons. The van der Waals surface area contributed by atoms with Gasteiger partial charge in [-0.2, -0.15) is 0 Å². The van der Waals surface area contributed by atoms with Crippen LogP contribution in [0.15, 0.2) is 46.2 Å². The van der Waals surface area contributed by atoms with Crippen LogP contribution < -0.4 is 5.43 Å². The van der Waals surface area contributed by atoms with E-state index in [2.05, 4.69) is 4.98 Å². The van der Waals surface area contributed by atoms with Crippen LogP contribution in [0.25, 0.3) is 0 Å². The molecule has 1 aromatic carbocycles. The second-order valence-electron chi connectivity index (χ2n) is 3.98. The smallest absolute Gasteiger partial charge is 0.338 e. The Morgan fingerprint density at radius 1 is 1.40 bits per heavy atom. The Balaban J connectivity index is 2.16. The Morgan fingerprint density at radius 2 is 2.15 bits per heavy atom. The van der Waals surface area contributed by atoms with E-state index in [1.54, 1.807) is 12.1 Å². The number of ether oxygens (including phenoxy) is 1. The van der Waals surface area contributed by atoms with E-state index in [0.29, 0.717) is 17.0 Å². The van der Waals surface area contributed by atoms with Crippen LogP contribution in [0.2, 0.25) is 0 Å². The molecule has 0 spiro atoms. The van der Waals surface area contributed by atoms with Gasteiger partial charge in [-0.05, 0) is 12.1 Å². The van der Waals surface area contributed by atoms with Crippen molar-refractivity contribution in [3.8, 4) is 5.75 Å². The number of esters is 1. The fourth-order valence-electron chi connectivity index (χ4n) is 1.62. The van der Waals surface area contributed by atoms with E-state index in [-0.39, 0.29) is 5.75 Å². The number of thioether (sulfide) groups is 1. The van der Waals surface area contributed by atoms with Crippen molar-refractivity contribution < 1.29 is 14.6 Å². The van der Waals surface area contributed by atoms with Crippen LogP contribution in [-0.4, -0.2) is 23.2 Å². The molecular formula is C14H13NO4S. The summed E-state index contributed by atoms with van der Waals surface area (Å²) in [6, 6.07) is 8.43. The first-order valence-electron chi connectivity index (χ1n) is 5.82. The van der Waals surface area contributed by atoms with Crippen molar-refractivity contribution in [3.05, 3.63) is 58.0 Å². The summed E-state index contributed by atoms with van der Waals surface area (Å²) in [7, 11) is 1.33. The Labute approximate surface area is 119 Å². The van der Waals surface area contributed by atoms with Crippen molar-refractivity contribution in [2.75, 3.05) is 7.11 Å². The molecular weight excluding hydrogens is 278 g/mol. The third-order valence-corrected chi connectivity index (χ3v) is 3.75. The van der Waals surface area contributed by atoms with Gasteiger partial charge in [0.1, 0.15) is 0 Å². The van der Waals surface area contributed by atoms with Gasteiger partial charge in [-0.3, -0.25) is 4.79 Å². The third-order valence-electron chi connectivity index (χ3n) is 2.63. The van der Waals surface area contributed by atoms with Crippen LogP contribution in [0.5, 0.6) is 5.75 Å². The summed E-state index contributed by atoms with van der Waals surface area (Å²) < 4.78 is 4.72. The molecule has 1 aromatic heterocycles. The molecule has 2 rings (SSSR count). The first-order valence-corrected chi connectivity index (χ1v) is 6.81. The van der Waals surface area contributed by atoms with Gasteiger partial charge < -0.3 is 14.8 Å². The lowest BCUT2D eigenvalue weighted by atomic mass is 10.2. The van der Waals surface area contributed by atoms with Crippen LogP contribution in [0.3, 0.4) is 0 Å². The highest BCUT2D eigenvalue weighted by Crippen LogP contribution is 2.26. The molecule has 104 valence electrons. The minimum atomic E-state index is -0.430. The van der Waals surface area contributed by atoms with Crippen molar-refractivity contribution in [1.82, 2.24) is 4.98 Å². The van der Waals surface area contributed by atoms with E-state index < -0.39 is 11.4 Å². The number of rotatable bonds is 4. The first-order chi connectivity index (χ1) is 9.61. The van der Waals surface area contributed by atoms with Gasteiger partial charge in [0.15, 0.2) is 5.75 Å². The Kier molecular flexibility index (Phi) is 4.47. The molecule has 0 bridgehead atoms. The average Bonchev–Trinajstić information content (AvgIpc) is 2.48. The van der Waals surface area contributed by atoms with Gasteiger partial charge >= 0.3 is 5.97 Å².